The molecule has 0 aliphatic carbocycles. The summed E-state index contributed by atoms with van der Waals surface area (Å²) in [5.41, 5.74) is -1.12. The van der Waals surface area contributed by atoms with Crippen LogP contribution in [0.25, 0.3) is 0 Å². The minimum atomic E-state index is -4.56. The number of halogens is 4. The van der Waals surface area contributed by atoms with E-state index in [1.54, 1.807) is 6.08 Å². The molecule has 0 bridgehead atoms. The monoisotopic (exact) mass is 329 g/mol. The third-order valence-electron chi connectivity index (χ3n) is 2.52. The van der Waals surface area contributed by atoms with Crippen LogP contribution in [-0.2, 0) is 6.18 Å². The minimum Gasteiger partial charge on any atom is -0.365 e. The predicted octanol–water partition coefficient (Wildman–Crippen LogP) is 3.89. The van der Waals surface area contributed by atoms with Gasteiger partial charge in [0.05, 0.1) is 17.4 Å². The second-order valence-electron chi connectivity index (χ2n) is 4.15. The Morgan fingerprint density at radius 2 is 2.09 bits per heavy atom. The van der Waals surface area contributed by atoms with Crippen molar-refractivity contribution in [3.63, 3.8) is 0 Å². The molecule has 0 amide bonds. The van der Waals surface area contributed by atoms with Crippen molar-refractivity contribution < 1.29 is 13.2 Å². The van der Waals surface area contributed by atoms with E-state index in [1.165, 1.54) is 18.3 Å². The summed E-state index contributed by atoms with van der Waals surface area (Å²) < 4.78 is 39.0. The molecule has 0 saturated heterocycles. The van der Waals surface area contributed by atoms with Crippen molar-refractivity contribution in [2.45, 2.75) is 6.18 Å². The molecule has 5 nitrogen and oxygen atoms in total. The second-order valence-corrected chi connectivity index (χ2v) is 4.58. The van der Waals surface area contributed by atoms with Gasteiger partial charge in [0, 0.05) is 11.6 Å². The van der Waals surface area contributed by atoms with E-state index in [1.807, 2.05) is 0 Å². The Morgan fingerprint density at radius 1 is 1.32 bits per heavy atom. The van der Waals surface area contributed by atoms with E-state index in [9.17, 15) is 13.2 Å². The molecule has 1 heterocycles. The fourth-order valence-corrected chi connectivity index (χ4v) is 1.77. The normalized spacial score (nSPS) is 11.1. The molecule has 2 aromatic rings. The van der Waals surface area contributed by atoms with Crippen LogP contribution < -0.4 is 10.6 Å². The van der Waals surface area contributed by atoms with Gasteiger partial charge in [0.1, 0.15) is 0 Å². The third-order valence-corrected chi connectivity index (χ3v) is 2.75. The molecular weight excluding hydrogens is 319 g/mol. The van der Waals surface area contributed by atoms with Crippen molar-refractivity contribution in [3.05, 3.63) is 47.6 Å². The van der Waals surface area contributed by atoms with Gasteiger partial charge in [-0.3, -0.25) is 0 Å². The zero-order valence-electron chi connectivity index (χ0n) is 11.2. The first-order chi connectivity index (χ1) is 10.4. The van der Waals surface area contributed by atoms with Gasteiger partial charge in [0.2, 0.25) is 5.95 Å². The topological polar surface area (TPSA) is 62.7 Å². The number of anilines is 3. The largest absolute Gasteiger partial charge is 0.418 e. The van der Waals surface area contributed by atoms with Gasteiger partial charge >= 0.3 is 6.18 Å². The fourth-order valence-electron chi connectivity index (χ4n) is 1.60. The van der Waals surface area contributed by atoms with Crippen LogP contribution in [0.2, 0.25) is 5.02 Å². The standard InChI is InChI=1S/C13H11ClF3N5/c1-2-5-18-11-7-19-22-12(21-11)20-10-4-3-8(14)6-9(10)13(15,16)17/h2-4,6-7H,1,5H2,(H2,18,20,21,22). The number of rotatable bonds is 5. The molecule has 116 valence electrons. The van der Waals surface area contributed by atoms with Crippen molar-refractivity contribution in [2.24, 2.45) is 0 Å². The quantitative estimate of drug-likeness (QED) is 0.815. The van der Waals surface area contributed by atoms with Gasteiger partial charge in [0.25, 0.3) is 0 Å². The zero-order valence-corrected chi connectivity index (χ0v) is 11.9. The fraction of sp³-hybridized carbons (Fsp3) is 0.154. The summed E-state index contributed by atoms with van der Waals surface area (Å²) in [4.78, 5) is 4.01. The SMILES string of the molecule is C=CCNc1cnnc(Nc2ccc(Cl)cc2C(F)(F)F)n1. The lowest BCUT2D eigenvalue weighted by Gasteiger charge is -2.14. The molecule has 2 rings (SSSR count). The van der Waals surface area contributed by atoms with Gasteiger partial charge in [-0.1, -0.05) is 17.7 Å². The van der Waals surface area contributed by atoms with Crippen molar-refractivity contribution in [1.29, 1.82) is 0 Å². The highest BCUT2D eigenvalue weighted by atomic mass is 35.5. The Morgan fingerprint density at radius 3 is 2.77 bits per heavy atom. The molecule has 1 aromatic heterocycles. The van der Waals surface area contributed by atoms with Crippen molar-refractivity contribution >= 4 is 29.1 Å². The highest BCUT2D eigenvalue weighted by Crippen LogP contribution is 2.37. The van der Waals surface area contributed by atoms with Crippen LogP contribution in [0.1, 0.15) is 5.56 Å². The first-order valence-electron chi connectivity index (χ1n) is 6.08. The number of nitrogens with zero attached hydrogens (tertiary/aromatic N) is 3. The molecule has 0 radical (unpaired) electrons. The molecule has 22 heavy (non-hydrogen) atoms. The number of alkyl halides is 3. The summed E-state index contributed by atoms with van der Waals surface area (Å²) in [5.74, 6) is 0.293. The van der Waals surface area contributed by atoms with E-state index in [4.69, 9.17) is 11.6 Å². The van der Waals surface area contributed by atoms with Gasteiger partial charge in [0.15, 0.2) is 5.82 Å². The summed E-state index contributed by atoms with van der Waals surface area (Å²) in [5, 5.41) is 12.7. The van der Waals surface area contributed by atoms with E-state index in [0.29, 0.717) is 12.4 Å². The molecule has 0 unspecified atom stereocenters. The molecule has 0 fully saturated rings. The molecule has 9 heteroatoms. The maximum atomic E-state index is 13.0. The first-order valence-corrected chi connectivity index (χ1v) is 6.46. The van der Waals surface area contributed by atoms with Gasteiger partial charge in [-0.2, -0.15) is 23.3 Å². The Kier molecular flexibility index (Phi) is 4.81. The lowest BCUT2D eigenvalue weighted by Crippen LogP contribution is -2.11. The highest BCUT2D eigenvalue weighted by molar-refractivity contribution is 6.30. The molecule has 0 aliphatic rings. The Balaban J connectivity index is 2.29. The molecule has 0 spiro atoms. The molecule has 0 saturated carbocycles. The maximum Gasteiger partial charge on any atom is 0.418 e. The second kappa shape index (κ2) is 6.61. The van der Waals surface area contributed by atoms with Gasteiger partial charge in [-0.05, 0) is 18.2 Å². The van der Waals surface area contributed by atoms with Crippen LogP contribution in [0, 0.1) is 0 Å². The predicted molar refractivity (Wildman–Crippen MR) is 78.3 cm³/mol. The number of hydrogen-bond donors (Lipinski definition) is 2. The summed E-state index contributed by atoms with van der Waals surface area (Å²) >= 11 is 5.62. The number of nitrogens with one attached hydrogen (secondary N) is 2. The van der Waals surface area contributed by atoms with E-state index < -0.39 is 11.7 Å². The number of aromatic nitrogens is 3. The van der Waals surface area contributed by atoms with Crippen LogP contribution in [0.15, 0.2) is 37.1 Å². The Bertz CT molecular complexity index is 675. The summed E-state index contributed by atoms with van der Waals surface area (Å²) in [6.45, 7) is 3.97. The lowest BCUT2D eigenvalue weighted by molar-refractivity contribution is -0.136. The molecular formula is C13H11ClF3N5. The highest BCUT2D eigenvalue weighted by Gasteiger charge is 2.34. The third kappa shape index (κ3) is 4.08. The molecule has 0 atom stereocenters. The Labute approximate surface area is 129 Å². The van der Waals surface area contributed by atoms with Gasteiger partial charge < -0.3 is 10.6 Å². The van der Waals surface area contributed by atoms with Gasteiger partial charge in [-0.15, -0.1) is 11.7 Å². The Hall–Kier alpha value is -2.35. The van der Waals surface area contributed by atoms with Crippen LogP contribution in [-0.4, -0.2) is 21.7 Å². The molecule has 1 aromatic carbocycles. The first kappa shape index (κ1) is 16.0. The summed E-state index contributed by atoms with van der Waals surface area (Å²) in [7, 11) is 0. The van der Waals surface area contributed by atoms with E-state index in [-0.39, 0.29) is 16.7 Å². The number of hydrogen-bond acceptors (Lipinski definition) is 5. The number of benzene rings is 1. The summed E-state index contributed by atoms with van der Waals surface area (Å²) in [6, 6.07) is 3.38. The average molecular weight is 330 g/mol. The molecule has 2 N–H and O–H groups in total. The lowest BCUT2D eigenvalue weighted by atomic mass is 10.1. The van der Waals surface area contributed by atoms with E-state index in [2.05, 4.69) is 32.4 Å². The van der Waals surface area contributed by atoms with Crippen LogP contribution in [0.4, 0.5) is 30.6 Å². The van der Waals surface area contributed by atoms with E-state index in [0.717, 1.165) is 6.07 Å². The molecule has 0 aliphatic heterocycles. The smallest absolute Gasteiger partial charge is 0.365 e. The van der Waals surface area contributed by atoms with Crippen molar-refractivity contribution in [3.8, 4) is 0 Å². The van der Waals surface area contributed by atoms with Gasteiger partial charge in [-0.25, -0.2) is 0 Å². The van der Waals surface area contributed by atoms with Crippen molar-refractivity contribution in [1.82, 2.24) is 15.2 Å². The zero-order chi connectivity index (χ0) is 16.2. The minimum absolute atomic E-state index is 0.0154. The van der Waals surface area contributed by atoms with Crippen molar-refractivity contribution in [2.75, 3.05) is 17.2 Å². The van der Waals surface area contributed by atoms with E-state index >= 15 is 0 Å². The summed E-state index contributed by atoms with van der Waals surface area (Å²) in [6.07, 6.45) is -1.60. The van der Waals surface area contributed by atoms with Crippen LogP contribution in [0.5, 0.6) is 0 Å². The van der Waals surface area contributed by atoms with Crippen LogP contribution in [0.3, 0.4) is 0 Å². The van der Waals surface area contributed by atoms with Crippen LogP contribution >= 0.6 is 11.6 Å². The maximum absolute atomic E-state index is 13.0. The average Bonchev–Trinajstić information content (AvgIpc) is 2.46.